The van der Waals surface area contributed by atoms with E-state index < -0.39 is 0 Å². The topological polar surface area (TPSA) is 59.6 Å². The van der Waals surface area contributed by atoms with Crippen LogP contribution < -0.4 is 0 Å². The second-order valence-corrected chi connectivity index (χ2v) is 7.64. The number of rotatable bonds is 4. The molecule has 1 fully saturated rings. The van der Waals surface area contributed by atoms with E-state index in [1.54, 1.807) is 6.07 Å². The molecule has 2 N–H and O–H groups in total. The molecule has 2 atom stereocenters. The number of fused-ring (bicyclic) bond motifs is 1. The van der Waals surface area contributed by atoms with E-state index in [9.17, 15) is 14.3 Å². The van der Waals surface area contributed by atoms with Gasteiger partial charge in [0.25, 0.3) is 0 Å². The van der Waals surface area contributed by atoms with Crippen LogP contribution in [0.4, 0.5) is 4.39 Å². The normalized spacial score (nSPS) is 21.4. The predicted octanol–water partition coefficient (Wildman–Crippen LogP) is 2.32. The van der Waals surface area contributed by atoms with Gasteiger partial charge in [0.15, 0.2) is 0 Å². The number of H-pyrrole nitrogens is 1. The van der Waals surface area contributed by atoms with Gasteiger partial charge in [-0.2, -0.15) is 0 Å². The maximum Gasteiger partial charge on any atom is 0.227 e. The van der Waals surface area contributed by atoms with Crippen LogP contribution in [0.5, 0.6) is 0 Å². The summed E-state index contributed by atoms with van der Waals surface area (Å²) in [7, 11) is 4.05. The van der Waals surface area contributed by atoms with Crippen molar-refractivity contribution >= 4 is 16.8 Å². The molecule has 6 heteroatoms. The summed E-state index contributed by atoms with van der Waals surface area (Å²) in [6.45, 7) is 3.26. The van der Waals surface area contributed by atoms with E-state index in [2.05, 4.69) is 9.88 Å². The zero-order valence-electron chi connectivity index (χ0n) is 15.8. The largest absolute Gasteiger partial charge is 0.396 e. The molecule has 5 nitrogen and oxygen atoms in total. The van der Waals surface area contributed by atoms with Gasteiger partial charge in [-0.15, -0.1) is 0 Å². The van der Waals surface area contributed by atoms with Crippen molar-refractivity contribution in [2.24, 2.45) is 5.92 Å². The number of likely N-dealkylation sites (N-methyl/N-ethyl adjacent to an activating group) is 1. The minimum Gasteiger partial charge on any atom is -0.396 e. The van der Waals surface area contributed by atoms with Crippen molar-refractivity contribution in [2.75, 3.05) is 33.8 Å². The van der Waals surface area contributed by atoms with Crippen molar-refractivity contribution < 1.29 is 14.3 Å². The Bertz CT molecular complexity index is 787. The van der Waals surface area contributed by atoms with Crippen LogP contribution in [0.15, 0.2) is 18.2 Å². The fraction of sp³-hybridized carbons (Fsp3) is 0.550. The standard InChI is InChI=1S/C20H28FN3O2/c1-13-17(18-8-15(21)5-7-19(18)22-13)9-20(26)24-10-14(12-25)4-6-16(11-24)23(2)3/h5,7-8,14,16,22,25H,4,6,9-12H2,1-3H3/t14-,16+/m0/s1. The smallest absolute Gasteiger partial charge is 0.227 e. The first-order chi connectivity index (χ1) is 12.4. The number of aliphatic hydroxyl groups excluding tert-OH is 1. The predicted molar refractivity (Wildman–Crippen MR) is 101 cm³/mol. The zero-order chi connectivity index (χ0) is 18.8. The number of halogens is 1. The number of aryl methyl sites for hydroxylation is 1. The molecule has 1 amide bonds. The summed E-state index contributed by atoms with van der Waals surface area (Å²) in [5.41, 5.74) is 2.61. The van der Waals surface area contributed by atoms with Gasteiger partial charge in [-0.1, -0.05) is 0 Å². The van der Waals surface area contributed by atoms with Gasteiger partial charge in [0.2, 0.25) is 5.91 Å². The molecule has 1 aliphatic rings. The first kappa shape index (κ1) is 18.9. The molecule has 0 unspecified atom stereocenters. The summed E-state index contributed by atoms with van der Waals surface area (Å²) in [4.78, 5) is 20.3. The Labute approximate surface area is 153 Å². The SMILES string of the molecule is Cc1[nH]c2ccc(F)cc2c1CC(=O)N1C[C@@H](CO)CC[C@@H](N(C)C)C1. The number of benzene rings is 1. The minimum absolute atomic E-state index is 0.0328. The molecular weight excluding hydrogens is 333 g/mol. The van der Waals surface area contributed by atoms with Crippen LogP contribution in [0.3, 0.4) is 0 Å². The molecule has 0 spiro atoms. The average molecular weight is 361 g/mol. The summed E-state index contributed by atoms with van der Waals surface area (Å²) in [6.07, 6.45) is 2.13. The number of nitrogens with zero attached hydrogens (tertiary/aromatic N) is 2. The third kappa shape index (κ3) is 3.91. The minimum atomic E-state index is -0.298. The first-order valence-corrected chi connectivity index (χ1v) is 9.20. The van der Waals surface area contributed by atoms with Crippen LogP contribution >= 0.6 is 0 Å². The van der Waals surface area contributed by atoms with Crippen molar-refractivity contribution in [1.29, 1.82) is 0 Å². The number of hydrogen-bond donors (Lipinski definition) is 2. The molecule has 2 aromatic rings. The lowest BCUT2D eigenvalue weighted by molar-refractivity contribution is -0.131. The molecule has 1 saturated heterocycles. The van der Waals surface area contributed by atoms with Gasteiger partial charge in [-0.05, 0) is 63.5 Å². The molecule has 1 aliphatic heterocycles. The summed E-state index contributed by atoms with van der Waals surface area (Å²) in [5, 5.41) is 10.4. The molecule has 0 radical (unpaired) electrons. The Hall–Kier alpha value is -1.92. The Balaban J connectivity index is 1.84. The lowest BCUT2D eigenvalue weighted by Crippen LogP contribution is -2.43. The van der Waals surface area contributed by atoms with Crippen molar-refractivity contribution in [1.82, 2.24) is 14.8 Å². The number of hydrogen-bond acceptors (Lipinski definition) is 3. The second kappa shape index (κ2) is 7.76. The average Bonchev–Trinajstić information content (AvgIpc) is 2.79. The number of nitrogens with one attached hydrogen (secondary N) is 1. The first-order valence-electron chi connectivity index (χ1n) is 9.20. The molecule has 1 aromatic carbocycles. The summed E-state index contributed by atoms with van der Waals surface area (Å²) in [6, 6.07) is 4.91. The number of likely N-dealkylation sites (tertiary alicyclic amines) is 1. The Kier molecular flexibility index (Phi) is 5.63. The van der Waals surface area contributed by atoms with E-state index in [0.29, 0.717) is 13.1 Å². The monoisotopic (exact) mass is 361 g/mol. The number of aromatic nitrogens is 1. The van der Waals surface area contributed by atoms with Crippen molar-refractivity contribution in [3.63, 3.8) is 0 Å². The van der Waals surface area contributed by atoms with Crippen LogP contribution in [0, 0.1) is 18.7 Å². The third-order valence-electron chi connectivity index (χ3n) is 5.57. The van der Waals surface area contributed by atoms with Crippen molar-refractivity contribution in [3.05, 3.63) is 35.3 Å². The quantitative estimate of drug-likeness (QED) is 0.879. The third-order valence-corrected chi connectivity index (χ3v) is 5.57. The molecular formula is C20H28FN3O2. The number of aliphatic hydroxyl groups is 1. The Morgan fingerprint density at radius 1 is 1.35 bits per heavy atom. The van der Waals surface area contributed by atoms with E-state index in [1.165, 1.54) is 12.1 Å². The van der Waals surface area contributed by atoms with Gasteiger partial charge < -0.3 is 19.9 Å². The van der Waals surface area contributed by atoms with Crippen LogP contribution in [-0.2, 0) is 11.2 Å². The van der Waals surface area contributed by atoms with Crippen LogP contribution in [-0.4, -0.2) is 65.6 Å². The van der Waals surface area contributed by atoms with Gasteiger partial charge in [-0.3, -0.25) is 4.79 Å². The van der Waals surface area contributed by atoms with Crippen LogP contribution in [0.25, 0.3) is 10.9 Å². The molecule has 0 bridgehead atoms. The maximum atomic E-state index is 13.7. The Morgan fingerprint density at radius 3 is 2.81 bits per heavy atom. The molecule has 142 valence electrons. The maximum absolute atomic E-state index is 13.7. The van der Waals surface area contributed by atoms with Gasteiger partial charge in [0.05, 0.1) is 6.42 Å². The lowest BCUT2D eigenvalue weighted by atomic mass is 10.0. The van der Waals surface area contributed by atoms with E-state index in [-0.39, 0.29) is 36.7 Å². The Morgan fingerprint density at radius 2 is 2.12 bits per heavy atom. The number of carbonyl (C=O) groups is 1. The van der Waals surface area contributed by atoms with Gasteiger partial charge >= 0.3 is 0 Å². The van der Waals surface area contributed by atoms with E-state index in [0.717, 1.165) is 35.0 Å². The van der Waals surface area contributed by atoms with Crippen LogP contribution in [0.1, 0.15) is 24.1 Å². The zero-order valence-corrected chi connectivity index (χ0v) is 15.8. The van der Waals surface area contributed by atoms with Gasteiger partial charge in [-0.25, -0.2) is 4.39 Å². The molecule has 2 heterocycles. The van der Waals surface area contributed by atoms with Crippen molar-refractivity contribution in [2.45, 2.75) is 32.2 Å². The molecule has 0 aliphatic carbocycles. The fourth-order valence-corrected chi connectivity index (χ4v) is 3.87. The van der Waals surface area contributed by atoms with E-state index in [4.69, 9.17) is 0 Å². The summed E-state index contributed by atoms with van der Waals surface area (Å²) >= 11 is 0. The molecule has 0 saturated carbocycles. The lowest BCUT2D eigenvalue weighted by Gasteiger charge is -2.29. The van der Waals surface area contributed by atoms with E-state index >= 15 is 0 Å². The van der Waals surface area contributed by atoms with Crippen LogP contribution in [0.2, 0.25) is 0 Å². The number of aromatic amines is 1. The number of amides is 1. The second-order valence-electron chi connectivity index (χ2n) is 7.64. The highest BCUT2D eigenvalue weighted by Crippen LogP contribution is 2.25. The van der Waals surface area contributed by atoms with Gasteiger partial charge in [0, 0.05) is 42.3 Å². The highest BCUT2D eigenvalue weighted by molar-refractivity contribution is 5.90. The van der Waals surface area contributed by atoms with Gasteiger partial charge in [0.1, 0.15) is 5.82 Å². The molecule has 26 heavy (non-hydrogen) atoms. The van der Waals surface area contributed by atoms with Crippen molar-refractivity contribution in [3.8, 4) is 0 Å². The number of carbonyl (C=O) groups excluding carboxylic acids is 1. The molecule has 1 aromatic heterocycles. The highest BCUT2D eigenvalue weighted by atomic mass is 19.1. The van der Waals surface area contributed by atoms with E-state index in [1.807, 2.05) is 25.9 Å². The summed E-state index contributed by atoms with van der Waals surface area (Å²) in [5.74, 6) is -0.149. The highest BCUT2D eigenvalue weighted by Gasteiger charge is 2.28. The molecule has 3 rings (SSSR count). The summed E-state index contributed by atoms with van der Waals surface area (Å²) < 4.78 is 13.7. The fourth-order valence-electron chi connectivity index (χ4n) is 3.87.